The molecule has 0 bridgehead atoms. The SMILES string of the molecule is COc1ccc(C2=C(C(OC(C)(C)C)C(=O)O)CCCC2)cc1. The molecule has 0 saturated heterocycles. The van der Waals surface area contributed by atoms with E-state index in [1.54, 1.807) is 7.11 Å². The van der Waals surface area contributed by atoms with Crippen LogP contribution in [0.5, 0.6) is 5.75 Å². The summed E-state index contributed by atoms with van der Waals surface area (Å²) in [5.74, 6) is -0.115. The number of aliphatic carboxylic acids is 1. The Hall–Kier alpha value is -1.81. The summed E-state index contributed by atoms with van der Waals surface area (Å²) in [6, 6.07) is 7.81. The quantitative estimate of drug-likeness (QED) is 0.880. The smallest absolute Gasteiger partial charge is 0.337 e. The van der Waals surface area contributed by atoms with Crippen LogP contribution < -0.4 is 4.74 Å². The summed E-state index contributed by atoms with van der Waals surface area (Å²) in [6.45, 7) is 5.66. The van der Waals surface area contributed by atoms with Gasteiger partial charge in [0, 0.05) is 0 Å². The molecule has 0 heterocycles. The highest BCUT2D eigenvalue weighted by atomic mass is 16.5. The van der Waals surface area contributed by atoms with Crippen molar-refractivity contribution in [3.05, 3.63) is 35.4 Å². The zero-order valence-corrected chi connectivity index (χ0v) is 14.4. The third-order valence-electron chi connectivity index (χ3n) is 3.96. The summed E-state index contributed by atoms with van der Waals surface area (Å²) in [5, 5.41) is 9.66. The van der Waals surface area contributed by atoms with Gasteiger partial charge in [0.2, 0.25) is 0 Å². The maximum absolute atomic E-state index is 11.8. The maximum atomic E-state index is 11.8. The Bertz CT molecular complexity index is 578. The highest BCUT2D eigenvalue weighted by Crippen LogP contribution is 2.36. The minimum atomic E-state index is -0.914. The second kappa shape index (κ2) is 7.18. The van der Waals surface area contributed by atoms with E-state index < -0.39 is 17.7 Å². The number of carboxylic acid groups (broad SMARTS) is 1. The van der Waals surface area contributed by atoms with E-state index in [-0.39, 0.29) is 0 Å². The van der Waals surface area contributed by atoms with Crippen LogP contribution in [0.4, 0.5) is 0 Å². The highest BCUT2D eigenvalue weighted by Gasteiger charge is 2.31. The van der Waals surface area contributed by atoms with Crippen molar-refractivity contribution in [2.45, 2.75) is 58.2 Å². The third-order valence-corrected chi connectivity index (χ3v) is 3.96. The van der Waals surface area contributed by atoms with E-state index >= 15 is 0 Å². The Morgan fingerprint density at radius 3 is 2.26 bits per heavy atom. The first-order valence-corrected chi connectivity index (χ1v) is 8.09. The second-order valence-electron chi connectivity index (χ2n) is 6.89. The summed E-state index contributed by atoms with van der Waals surface area (Å²) >= 11 is 0. The molecule has 1 atom stereocenters. The predicted molar refractivity (Wildman–Crippen MR) is 90.6 cm³/mol. The number of hydrogen-bond acceptors (Lipinski definition) is 3. The average Bonchev–Trinajstić information content (AvgIpc) is 2.52. The Kier molecular flexibility index (Phi) is 5.47. The Balaban J connectivity index is 2.42. The van der Waals surface area contributed by atoms with E-state index in [0.29, 0.717) is 0 Å². The largest absolute Gasteiger partial charge is 0.497 e. The number of hydrogen-bond donors (Lipinski definition) is 1. The molecule has 1 unspecified atom stereocenters. The number of rotatable bonds is 5. The van der Waals surface area contributed by atoms with Crippen LogP contribution in [0.15, 0.2) is 29.8 Å². The highest BCUT2D eigenvalue weighted by molar-refractivity contribution is 5.82. The van der Waals surface area contributed by atoms with Crippen molar-refractivity contribution in [2.24, 2.45) is 0 Å². The number of carbonyl (C=O) groups is 1. The summed E-state index contributed by atoms with van der Waals surface area (Å²) in [6.07, 6.45) is 2.86. The van der Waals surface area contributed by atoms with E-state index in [9.17, 15) is 9.90 Å². The van der Waals surface area contributed by atoms with Gasteiger partial charge >= 0.3 is 5.97 Å². The lowest BCUT2D eigenvalue weighted by Gasteiger charge is -2.30. The van der Waals surface area contributed by atoms with Crippen LogP contribution in [0, 0.1) is 0 Å². The van der Waals surface area contributed by atoms with Crippen molar-refractivity contribution in [1.82, 2.24) is 0 Å². The Labute approximate surface area is 138 Å². The molecule has 0 aromatic heterocycles. The van der Waals surface area contributed by atoms with Gasteiger partial charge in [-0.25, -0.2) is 4.79 Å². The lowest BCUT2D eigenvalue weighted by molar-refractivity contribution is -0.155. The second-order valence-corrected chi connectivity index (χ2v) is 6.89. The molecule has 1 aromatic rings. The van der Waals surface area contributed by atoms with Crippen molar-refractivity contribution >= 4 is 11.5 Å². The van der Waals surface area contributed by atoms with Gasteiger partial charge in [-0.1, -0.05) is 12.1 Å². The fourth-order valence-corrected chi connectivity index (χ4v) is 2.96. The van der Waals surface area contributed by atoms with Crippen LogP contribution in [0.3, 0.4) is 0 Å². The zero-order valence-electron chi connectivity index (χ0n) is 14.4. The van der Waals surface area contributed by atoms with Crippen LogP contribution in [-0.2, 0) is 9.53 Å². The third kappa shape index (κ3) is 4.58. The van der Waals surface area contributed by atoms with Crippen molar-refractivity contribution in [3.63, 3.8) is 0 Å². The molecule has 1 aliphatic carbocycles. The van der Waals surface area contributed by atoms with Gasteiger partial charge in [-0.2, -0.15) is 0 Å². The molecule has 1 aromatic carbocycles. The average molecular weight is 318 g/mol. The molecular formula is C19H26O4. The molecule has 0 saturated carbocycles. The molecule has 4 heteroatoms. The summed E-state index contributed by atoms with van der Waals surface area (Å²) in [5.41, 5.74) is 2.57. The minimum absolute atomic E-state index is 0.501. The van der Waals surface area contributed by atoms with E-state index in [2.05, 4.69) is 0 Å². The molecular weight excluding hydrogens is 292 g/mol. The first-order chi connectivity index (χ1) is 10.8. The number of allylic oxidation sites excluding steroid dienone is 1. The minimum Gasteiger partial charge on any atom is -0.497 e. The van der Waals surface area contributed by atoms with Gasteiger partial charge < -0.3 is 14.6 Å². The molecule has 2 rings (SSSR count). The van der Waals surface area contributed by atoms with Crippen LogP contribution in [0.2, 0.25) is 0 Å². The predicted octanol–water partition coefficient (Wildman–Crippen LogP) is 4.29. The molecule has 23 heavy (non-hydrogen) atoms. The van der Waals surface area contributed by atoms with Crippen molar-refractivity contribution < 1.29 is 19.4 Å². The number of ether oxygens (including phenoxy) is 2. The molecule has 0 amide bonds. The maximum Gasteiger partial charge on any atom is 0.337 e. The molecule has 0 spiro atoms. The van der Waals surface area contributed by atoms with Crippen molar-refractivity contribution in [3.8, 4) is 5.75 Å². The van der Waals surface area contributed by atoms with Crippen LogP contribution >= 0.6 is 0 Å². The number of carboxylic acids is 1. The van der Waals surface area contributed by atoms with Crippen LogP contribution in [0.25, 0.3) is 5.57 Å². The topological polar surface area (TPSA) is 55.8 Å². The van der Waals surface area contributed by atoms with E-state index in [1.807, 2.05) is 45.0 Å². The number of methoxy groups -OCH3 is 1. The lowest BCUT2D eigenvalue weighted by atomic mass is 9.84. The molecule has 0 radical (unpaired) electrons. The Morgan fingerprint density at radius 2 is 1.74 bits per heavy atom. The van der Waals surface area contributed by atoms with Crippen LogP contribution in [0.1, 0.15) is 52.0 Å². The van der Waals surface area contributed by atoms with Gasteiger partial charge in [-0.3, -0.25) is 0 Å². The standard InChI is InChI=1S/C19H26O4/c1-19(2,3)23-17(18(20)21)16-8-6-5-7-15(16)13-9-11-14(22-4)12-10-13/h9-12,17H,5-8H2,1-4H3,(H,20,21). The molecule has 1 N–H and O–H groups in total. The fraction of sp³-hybridized carbons (Fsp3) is 0.526. The van der Waals surface area contributed by atoms with E-state index in [1.165, 1.54) is 0 Å². The van der Waals surface area contributed by atoms with Gasteiger partial charge in [-0.05, 0) is 75.3 Å². The zero-order chi connectivity index (χ0) is 17.0. The van der Waals surface area contributed by atoms with Gasteiger partial charge in [0.25, 0.3) is 0 Å². The first kappa shape index (κ1) is 17.5. The van der Waals surface area contributed by atoms with Crippen molar-refractivity contribution in [2.75, 3.05) is 7.11 Å². The number of benzene rings is 1. The van der Waals surface area contributed by atoms with E-state index in [0.717, 1.165) is 48.1 Å². The molecule has 4 nitrogen and oxygen atoms in total. The molecule has 0 fully saturated rings. The van der Waals surface area contributed by atoms with Crippen molar-refractivity contribution in [1.29, 1.82) is 0 Å². The Morgan fingerprint density at radius 1 is 1.13 bits per heavy atom. The van der Waals surface area contributed by atoms with Gasteiger partial charge in [-0.15, -0.1) is 0 Å². The van der Waals surface area contributed by atoms with Gasteiger partial charge in [0.05, 0.1) is 12.7 Å². The summed E-state index contributed by atoms with van der Waals surface area (Å²) in [4.78, 5) is 11.8. The summed E-state index contributed by atoms with van der Waals surface area (Å²) in [7, 11) is 1.64. The first-order valence-electron chi connectivity index (χ1n) is 8.09. The normalized spacial score (nSPS) is 17.0. The van der Waals surface area contributed by atoms with Crippen LogP contribution in [-0.4, -0.2) is 29.9 Å². The summed E-state index contributed by atoms with van der Waals surface area (Å²) < 4.78 is 11.1. The monoisotopic (exact) mass is 318 g/mol. The molecule has 126 valence electrons. The fourth-order valence-electron chi connectivity index (χ4n) is 2.96. The van der Waals surface area contributed by atoms with Gasteiger partial charge in [0.1, 0.15) is 5.75 Å². The van der Waals surface area contributed by atoms with Gasteiger partial charge in [0.15, 0.2) is 6.10 Å². The lowest BCUT2D eigenvalue weighted by Crippen LogP contribution is -2.35. The molecule has 0 aliphatic heterocycles. The molecule has 1 aliphatic rings. The van der Waals surface area contributed by atoms with E-state index in [4.69, 9.17) is 9.47 Å².